The van der Waals surface area contributed by atoms with Gasteiger partial charge in [0, 0.05) is 11.8 Å². The number of aryl methyl sites for hydroxylation is 1. The van der Waals surface area contributed by atoms with Crippen molar-refractivity contribution in [3.8, 4) is 17.0 Å². The highest BCUT2D eigenvalue weighted by Crippen LogP contribution is 2.29. The van der Waals surface area contributed by atoms with Crippen LogP contribution in [0.3, 0.4) is 0 Å². The SMILES string of the molecule is CCCCCc1ccc(-c2ccc(OCc3ccc(C(F)(F)F)cc3)cc2)nc1. The highest BCUT2D eigenvalue weighted by molar-refractivity contribution is 5.60. The van der Waals surface area contributed by atoms with E-state index < -0.39 is 11.7 Å². The zero-order valence-corrected chi connectivity index (χ0v) is 16.4. The lowest BCUT2D eigenvalue weighted by Gasteiger charge is -2.10. The van der Waals surface area contributed by atoms with E-state index in [0.29, 0.717) is 11.3 Å². The molecule has 0 saturated carbocycles. The van der Waals surface area contributed by atoms with Gasteiger partial charge in [-0.1, -0.05) is 38.0 Å². The van der Waals surface area contributed by atoms with E-state index >= 15 is 0 Å². The van der Waals surface area contributed by atoms with Crippen molar-refractivity contribution in [3.05, 3.63) is 83.6 Å². The first-order chi connectivity index (χ1) is 14.0. The molecule has 2 nitrogen and oxygen atoms in total. The molecule has 3 rings (SSSR count). The number of halogens is 3. The second-order valence-corrected chi connectivity index (χ2v) is 7.02. The number of hydrogen-bond donors (Lipinski definition) is 0. The summed E-state index contributed by atoms with van der Waals surface area (Å²) < 4.78 is 43.5. The van der Waals surface area contributed by atoms with E-state index in [9.17, 15) is 13.2 Å². The van der Waals surface area contributed by atoms with Crippen LogP contribution in [-0.4, -0.2) is 4.98 Å². The van der Waals surface area contributed by atoms with E-state index in [1.807, 2.05) is 36.5 Å². The first-order valence-corrected chi connectivity index (χ1v) is 9.80. The van der Waals surface area contributed by atoms with E-state index in [2.05, 4.69) is 18.0 Å². The zero-order valence-electron chi connectivity index (χ0n) is 16.4. The van der Waals surface area contributed by atoms with Crippen molar-refractivity contribution in [2.75, 3.05) is 0 Å². The summed E-state index contributed by atoms with van der Waals surface area (Å²) in [5.41, 5.74) is 3.17. The summed E-state index contributed by atoms with van der Waals surface area (Å²) >= 11 is 0. The zero-order chi connectivity index (χ0) is 20.7. The monoisotopic (exact) mass is 399 g/mol. The molecule has 0 atom stereocenters. The molecule has 0 unspecified atom stereocenters. The normalized spacial score (nSPS) is 11.4. The number of hydrogen-bond acceptors (Lipinski definition) is 2. The van der Waals surface area contributed by atoms with Crippen LogP contribution >= 0.6 is 0 Å². The number of aromatic nitrogens is 1. The summed E-state index contributed by atoms with van der Waals surface area (Å²) in [6.45, 7) is 2.40. The summed E-state index contributed by atoms with van der Waals surface area (Å²) in [6, 6.07) is 16.7. The second-order valence-electron chi connectivity index (χ2n) is 7.02. The Morgan fingerprint density at radius 1 is 0.828 bits per heavy atom. The van der Waals surface area contributed by atoms with Crippen molar-refractivity contribution in [2.45, 2.75) is 45.4 Å². The molecule has 29 heavy (non-hydrogen) atoms. The summed E-state index contributed by atoms with van der Waals surface area (Å²) in [4.78, 5) is 4.55. The van der Waals surface area contributed by atoms with Gasteiger partial charge < -0.3 is 4.74 Å². The van der Waals surface area contributed by atoms with Crippen LogP contribution in [0, 0.1) is 0 Å². The maximum Gasteiger partial charge on any atom is 0.416 e. The van der Waals surface area contributed by atoms with Crippen molar-refractivity contribution in [2.24, 2.45) is 0 Å². The topological polar surface area (TPSA) is 22.1 Å². The van der Waals surface area contributed by atoms with Crippen molar-refractivity contribution in [3.63, 3.8) is 0 Å². The summed E-state index contributed by atoms with van der Waals surface area (Å²) in [5.74, 6) is 0.657. The molecule has 0 radical (unpaired) electrons. The van der Waals surface area contributed by atoms with Crippen molar-refractivity contribution in [1.29, 1.82) is 0 Å². The molecular weight excluding hydrogens is 375 g/mol. The molecule has 1 heterocycles. The van der Waals surface area contributed by atoms with Crippen LogP contribution in [0.4, 0.5) is 13.2 Å². The average molecular weight is 399 g/mol. The number of unbranched alkanes of at least 4 members (excludes halogenated alkanes) is 2. The Morgan fingerprint density at radius 3 is 2.10 bits per heavy atom. The number of benzene rings is 2. The summed E-state index contributed by atoms with van der Waals surface area (Å²) in [5, 5.41) is 0. The fourth-order valence-electron chi connectivity index (χ4n) is 3.00. The maximum atomic E-state index is 12.6. The lowest BCUT2D eigenvalue weighted by atomic mass is 10.1. The maximum absolute atomic E-state index is 12.6. The molecule has 2 aromatic carbocycles. The van der Waals surface area contributed by atoms with E-state index in [-0.39, 0.29) is 6.61 Å². The molecule has 3 aromatic rings. The third-order valence-electron chi connectivity index (χ3n) is 4.73. The van der Waals surface area contributed by atoms with Crippen molar-refractivity contribution >= 4 is 0 Å². The van der Waals surface area contributed by atoms with E-state index in [0.717, 1.165) is 29.8 Å². The summed E-state index contributed by atoms with van der Waals surface area (Å²) in [7, 11) is 0. The number of alkyl halides is 3. The average Bonchev–Trinajstić information content (AvgIpc) is 2.73. The fourth-order valence-corrected chi connectivity index (χ4v) is 3.00. The molecular formula is C24H24F3NO. The van der Waals surface area contributed by atoms with Gasteiger partial charge in [0.2, 0.25) is 0 Å². The van der Waals surface area contributed by atoms with Crippen LogP contribution < -0.4 is 4.74 Å². The van der Waals surface area contributed by atoms with Crippen LogP contribution in [0.1, 0.15) is 42.9 Å². The van der Waals surface area contributed by atoms with Gasteiger partial charge in [-0.05, 0) is 66.4 Å². The molecule has 0 amide bonds. The van der Waals surface area contributed by atoms with Crippen LogP contribution in [-0.2, 0) is 19.2 Å². The lowest BCUT2D eigenvalue weighted by molar-refractivity contribution is -0.137. The predicted molar refractivity (Wildman–Crippen MR) is 109 cm³/mol. The Bertz CT molecular complexity index is 885. The van der Waals surface area contributed by atoms with Crippen LogP contribution in [0.2, 0.25) is 0 Å². The first-order valence-electron chi connectivity index (χ1n) is 9.80. The van der Waals surface area contributed by atoms with Crippen molar-refractivity contribution in [1.82, 2.24) is 4.98 Å². The Morgan fingerprint density at radius 2 is 1.52 bits per heavy atom. The van der Waals surface area contributed by atoms with Gasteiger partial charge in [-0.2, -0.15) is 13.2 Å². The van der Waals surface area contributed by atoms with Gasteiger partial charge in [-0.3, -0.25) is 4.98 Å². The third-order valence-corrected chi connectivity index (χ3v) is 4.73. The van der Waals surface area contributed by atoms with Gasteiger partial charge in [0.1, 0.15) is 12.4 Å². The number of nitrogens with zero attached hydrogens (tertiary/aromatic N) is 1. The highest BCUT2D eigenvalue weighted by atomic mass is 19.4. The van der Waals surface area contributed by atoms with E-state index in [1.54, 1.807) is 0 Å². The molecule has 0 aliphatic rings. The van der Waals surface area contributed by atoms with Crippen LogP contribution in [0.5, 0.6) is 5.75 Å². The van der Waals surface area contributed by atoms with Crippen molar-refractivity contribution < 1.29 is 17.9 Å². The minimum Gasteiger partial charge on any atom is -0.489 e. The lowest BCUT2D eigenvalue weighted by Crippen LogP contribution is -2.05. The molecule has 152 valence electrons. The number of pyridine rings is 1. The molecule has 0 aliphatic carbocycles. The minimum atomic E-state index is -4.32. The molecule has 0 saturated heterocycles. The van der Waals surface area contributed by atoms with Gasteiger partial charge in [-0.15, -0.1) is 0 Å². The molecule has 0 fully saturated rings. The second kappa shape index (κ2) is 9.59. The number of rotatable bonds is 8. The van der Waals surface area contributed by atoms with E-state index in [4.69, 9.17) is 4.74 Å². The molecule has 1 aromatic heterocycles. The Hall–Kier alpha value is -2.82. The Kier molecular flexibility index (Phi) is 6.91. The molecule has 0 bridgehead atoms. The quantitative estimate of drug-likeness (QED) is 0.378. The van der Waals surface area contributed by atoms with Gasteiger partial charge in [0.15, 0.2) is 0 Å². The molecule has 0 spiro atoms. The molecule has 0 N–H and O–H groups in total. The van der Waals surface area contributed by atoms with Crippen LogP contribution in [0.25, 0.3) is 11.3 Å². The molecule has 5 heteroatoms. The Balaban J connectivity index is 1.56. The Labute approximate surface area is 169 Å². The number of ether oxygens (including phenoxy) is 1. The van der Waals surface area contributed by atoms with Gasteiger partial charge in [-0.25, -0.2) is 0 Å². The first kappa shape index (κ1) is 20.9. The largest absolute Gasteiger partial charge is 0.489 e. The summed E-state index contributed by atoms with van der Waals surface area (Å²) in [6.07, 6.45) is 2.28. The van der Waals surface area contributed by atoms with Crippen LogP contribution in [0.15, 0.2) is 66.9 Å². The van der Waals surface area contributed by atoms with E-state index in [1.165, 1.54) is 37.0 Å². The predicted octanol–water partition coefficient (Wildman–Crippen LogP) is 7.08. The van der Waals surface area contributed by atoms with Gasteiger partial charge >= 0.3 is 6.18 Å². The smallest absolute Gasteiger partial charge is 0.416 e. The fraction of sp³-hybridized carbons (Fsp3) is 0.292. The standard InChI is InChI=1S/C24H24F3NO/c1-2-3-4-5-18-8-15-23(28-16-18)20-9-13-22(14-10-20)29-17-19-6-11-21(12-7-19)24(25,26)27/h6-16H,2-5,17H2,1H3. The molecule has 0 aliphatic heterocycles. The highest BCUT2D eigenvalue weighted by Gasteiger charge is 2.29. The third kappa shape index (κ3) is 6.08. The van der Waals surface area contributed by atoms with Gasteiger partial charge in [0.05, 0.1) is 11.3 Å². The van der Waals surface area contributed by atoms with Gasteiger partial charge in [0.25, 0.3) is 0 Å². The minimum absolute atomic E-state index is 0.211.